The quantitative estimate of drug-likeness (QED) is 0.901. The van der Waals surface area contributed by atoms with Gasteiger partial charge in [-0.15, -0.1) is 0 Å². The summed E-state index contributed by atoms with van der Waals surface area (Å²) in [6.45, 7) is 2.91. The number of hydrogen-bond donors (Lipinski definition) is 1. The SMILES string of the molecule is CC(C)S(=O)(=O)CCNc1c(F)cc(F)cc1F. The van der Waals surface area contributed by atoms with Crippen LogP contribution in [-0.2, 0) is 9.84 Å². The van der Waals surface area contributed by atoms with Crippen LogP contribution >= 0.6 is 0 Å². The van der Waals surface area contributed by atoms with Gasteiger partial charge in [0.15, 0.2) is 21.5 Å². The average Bonchev–Trinajstić information content (AvgIpc) is 2.21. The molecular formula is C11H14F3NO2S. The first kappa shape index (κ1) is 14.8. The Balaban J connectivity index is 2.71. The van der Waals surface area contributed by atoms with Gasteiger partial charge in [-0.2, -0.15) is 0 Å². The van der Waals surface area contributed by atoms with Crippen LogP contribution in [0.1, 0.15) is 13.8 Å². The minimum atomic E-state index is -3.28. The Labute approximate surface area is 104 Å². The molecule has 1 N–H and O–H groups in total. The fourth-order valence-electron chi connectivity index (χ4n) is 1.27. The van der Waals surface area contributed by atoms with Crippen molar-refractivity contribution in [3.63, 3.8) is 0 Å². The summed E-state index contributed by atoms with van der Waals surface area (Å²) in [7, 11) is -3.28. The molecule has 0 spiro atoms. The fourth-order valence-corrected chi connectivity index (χ4v) is 2.12. The van der Waals surface area contributed by atoms with Gasteiger partial charge in [0.05, 0.1) is 11.0 Å². The van der Waals surface area contributed by atoms with Gasteiger partial charge in [-0.25, -0.2) is 21.6 Å². The Morgan fingerprint density at radius 2 is 1.67 bits per heavy atom. The molecule has 0 aliphatic heterocycles. The summed E-state index contributed by atoms with van der Waals surface area (Å²) in [5, 5.41) is 1.77. The van der Waals surface area contributed by atoms with Gasteiger partial charge in [0.2, 0.25) is 0 Å². The van der Waals surface area contributed by atoms with Crippen molar-refractivity contribution in [2.24, 2.45) is 0 Å². The molecule has 0 radical (unpaired) electrons. The largest absolute Gasteiger partial charge is 0.379 e. The van der Waals surface area contributed by atoms with E-state index in [0.29, 0.717) is 12.1 Å². The highest BCUT2D eigenvalue weighted by molar-refractivity contribution is 7.92. The highest BCUT2D eigenvalue weighted by Gasteiger charge is 2.17. The zero-order valence-electron chi connectivity index (χ0n) is 10.0. The maximum absolute atomic E-state index is 13.2. The third-order valence-corrected chi connectivity index (χ3v) is 4.62. The molecule has 0 aromatic heterocycles. The van der Waals surface area contributed by atoms with E-state index in [1.165, 1.54) is 13.8 Å². The summed E-state index contributed by atoms with van der Waals surface area (Å²) in [6, 6.07) is 1.06. The van der Waals surface area contributed by atoms with E-state index >= 15 is 0 Å². The lowest BCUT2D eigenvalue weighted by molar-refractivity contribution is 0.547. The second-order valence-corrected chi connectivity index (χ2v) is 6.76. The molecule has 0 aliphatic rings. The molecule has 7 heteroatoms. The second kappa shape index (κ2) is 5.60. The fraction of sp³-hybridized carbons (Fsp3) is 0.455. The van der Waals surface area contributed by atoms with E-state index in [1.54, 1.807) is 0 Å². The highest BCUT2D eigenvalue weighted by atomic mass is 32.2. The molecule has 0 amide bonds. The number of hydrogen-bond acceptors (Lipinski definition) is 3. The first-order chi connectivity index (χ1) is 8.24. The lowest BCUT2D eigenvalue weighted by Crippen LogP contribution is -2.23. The third-order valence-electron chi connectivity index (χ3n) is 2.41. The first-order valence-electron chi connectivity index (χ1n) is 5.34. The van der Waals surface area contributed by atoms with E-state index in [2.05, 4.69) is 5.32 Å². The van der Waals surface area contributed by atoms with Gasteiger partial charge in [-0.1, -0.05) is 0 Å². The van der Waals surface area contributed by atoms with Crippen LogP contribution in [0.2, 0.25) is 0 Å². The Hall–Kier alpha value is -1.24. The van der Waals surface area contributed by atoms with Crippen molar-refractivity contribution in [1.82, 2.24) is 0 Å². The lowest BCUT2D eigenvalue weighted by atomic mass is 10.3. The van der Waals surface area contributed by atoms with Gasteiger partial charge in [-0.05, 0) is 13.8 Å². The molecule has 0 atom stereocenters. The summed E-state index contributed by atoms with van der Waals surface area (Å²) < 4.78 is 61.9. The Morgan fingerprint density at radius 3 is 2.11 bits per heavy atom. The Morgan fingerprint density at radius 1 is 1.17 bits per heavy atom. The molecule has 0 saturated heterocycles. The van der Waals surface area contributed by atoms with Gasteiger partial charge in [0.25, 0.3) is 0 Å². The maximum Gasteiger partial charge on any atom is 0.154 e. The molecule has 0 fully saturated rings. The summed E-state index contributed by atoms with van der Waals surface area (Å²) in [4.78, 5) is 0. The van der Waals surface area contributed by atoms with Crippen LogP contribution in [-0.4, -0.2) is 26.0 Å². The molecule has 0 saturated carbocycles. The summed E-state index contributed by atoms with van der Waals surface area (Å²) in [5.74, 6) is -3.45. The van der Waals surface area contributed by atoms with E-state index < -0.39 is 38.2 Å². The van der Waals surface area contributed by atoms with Crippen molar-refractivity contribution in [1.29, 1.82) is 0 Å². The van der Waals surface area contributed by atoms with Crippen molar-refractivity contribution in [2.45, 2.75) is 19.1 Å². The van der Waals surface area contributed by atoms with Crippen molar-refractivity contribution in [2.75, 3.05) is 17.6 Å². The second-order valence-electron chi connectivity index (χ2n) is 4.09. The highest BCUT2D eigenvalue weighted by Crippen LogP contribution is 2.19. The minimum absolute atomic E-state index is 0.139. The van der Waals surface area contributed by atoms with Crippen LogP contribution in [0.5, 0.6) is 0 Å². The summed E-state index contributed by atoms with van der Waals surface area (Å²) >= 11 is 0. The number of benzene rings is 1. The van der Waals surface area contributed by atoms with Gasteiger partial charge in [-0.3, -0.25) is 0 Å². The van der Waals surface area contributed by atoms with Crippen molar-refractivity contribution >= 4 is 15.5 Å². The monoisotopic (exact) mass is 281 g/mol. The number of halogens is 3. The van der Waals surface area contributed by atoms with E-state index in [-0.39, 0.29) is 12.3 Å². The summed E-state index contributed by atoms with van der Waals surface area (Å²) in [5.41, 5.74) is -0.518. The zero-order valence-corrected chi connectivity index (χ0v) is 10.8. The predicted molar refractivity (Wildman–Crippen MR) is 63.7 cm³/mol. The van der Waals surface area contributed by atoms with Gasteiger partial charge >= 0.3 is 0 Å². The van der Waals surface area contributed by atoms with Crippen molar-refractivity contribution in [3.8, 4) is 0 Å². The average molecular weight is 281 g/mol. The standard InChI is InChI=1S/C11H14F3NO2S/c1-7(2)18(16,17)4-3-15-11-9(13)5-8(12)6-10(11)14/h5-7,15H,3-4H2,1-2H3. The molecule has 0 bridgehead atoms. The molecule has 3 nitrogen and oxygen atoms in total. The van der Waals surface area contributed by atoms with Gasteiger partial charge in [0, 0.05) is 18.7 Å². The van der Waals surface area contributed by atoms with E-state index in [4.69, 9.17) is 0 Å². The van der Waals surface area contributed by atoms with Crippen molar-refractivity contribution < 1.29 is 21.6 Å². The molecule has 1 rings (SSSR count). The molecule has 0 aliphatic carbocycles. The Kier molecular flexibility index (Phi) is 4.61. The first-order valence-corrected chi connectivity index (χ1v) is 7.05. The molecule has 1 aromatic rings. The smallest absolute Gasteiger partial charge is 0.154 e. The lowest BCUT2D eigenvalue weighted by Gasteiger charge is -2.11. The molecule has 0 unspecified atom stereocenters. The van der Waals surface area contributed by atoms with Gasteiger partial charge < -0.3 is 5.32 Å². The minimum Gasteiger partial charge on any atom is -0.379 e. The maximum atomic E-state index is 13.2. The van der Waals surface area contributed by atoms with Crippen LogP contribution in [0.15, 0.2) is 12.1 Å². The van der Waals surface area contributed by atoms with Crippen LogP contribution in [0.3, 0.4) is 0 Å². The predicted octanol–water partition coefficient (Wildman–Crippen LogP) is 2.34. The van der Waals surface area contributed by atoms with Crippen LogP contribution in [0.25, 0.3) is 0 Å². The molecular weight excluding hydrogens is 267 g/mol. The number of rotatable bonds is 5. The zero-order chi connectivity index (χ0) is 13.9. The topological polar surface area (TPSA) is 46.2 Å². The molecule has 1 aromatic carbocycles. The molecule has 0 heterocycles. The molecule has 102 valence electrons. The Bertz CT molecular complexity index is 506. The van der Waals surface area contributed by atoms with Gasteiger partial charge in [0.1, 0.15) is 11.5 Å². The summed E-state index contributed by atoms with van der Waals surface area (Å²) in [6.07, 6.45) is 0. The van der Waals surface area contributed by atoms with E-state index in [0.717, 1.165) is 0 Å². The third kappa shape index (κ3) is 3.63. The van der Waals surface area contributed by atoms with E-state index in [9.17, 15) is 21.6 Å². The van der Waals surface area contributed by atoms with Crippen LogP contribution in [0, 0.1) is 17.5 Å². The van der Waals surface area contributed by atoms with E-state index in [1.807, 2.05) is 0 Å². The number of anilines is 1. The van der Waals surface area contributed by atoms with Crippen molar-refractivity contribution in [3.05, 3.63) is 29.6 Å². The number of nitrogens with one attached hydrogen (secondary N) is 1. The molecule has 18 heavy (non-hydrogen) atoms. The van der Waals surface area contributed by atoms with Crippen LogP contribution in [0.4, 0.5) is 18.9 Å². The van der Waals surface area contributed by atoms with Crippen LogP contribution < -0.4 is 5.32 Å². The number of sulfone groups is 1. The normalized spacial score (nSPS) is 11.9.